The van der Waals surface area contributed by atoms with E-state index in [1.165, 1.54) is 62.7 Å². The fourth-order valence-electron chi connectivity index (χ4n) is 5.09. The lowest BCUT2D eigenvalue weighted by Gasteiger charge is -2.37. The van der Waals surface area contributed by atoms with E-state index in [1.54, 1.807) is 0 Å². The second-order valence-electron chi connectivity index (χ2n) is 7.98. The second-order valence-corrected chi connectivity index (χ2v) is 11.6. The summed E-state index contributed by atoms with van der Waals surface area (Å²) in [6, 6.07) is 4.99. The van der Waals surface area contributed by atoms with Crippen molar-refractivity contribution in [3.8, 4) is 0 Å². The Morgan fingerprint density at radius 3 is 2.04 bits per heavy atom. The van der Waals surface area contributed by atoms with Gasteiger partial charge in [0.1, 0.15) is 0 Å². The summed E-state index contributed by atoms with van der Waals surface area (Å²) >= 11 is 0. The van der Waals surface area contributed by atoms with Crippen molar-refractivity contribution in [3.05, 3.63) is 35.1 Å². The quantitative estimate of drug-likeness (QED) is 0.424. The summed E-state index contributed by atoms with van der Waals surface area (Å²) in [5.41, 5.74) is 1.64. The number of rotatable bonds is 4. The number of hydrogen-bond acceptors (Lipinski definition) is 0. The molecule has 1 aliphatic carbocycles. The zero-order chi connectivity index (χ0) is 17.1. The maximum atomic E-state index is 13.5. The van der Waals surface area contributed by atoms with Crippen molar-refractivity contribution < 1.29 is 13.2 Å². The van der Waals surface area contributed by atoms with Crippen LogP contribution in [0.25, 0.3) is 0 Å². The maximum Gasteiger partial charge on any atom is 0.194 e. The molecular formula is C20H29F3Si. The van der Waals surface area contributed by atoms with Crippen LogP contribution in [0, 0.1) is 23.4 Å². The van der Waals surface area contributed by atoms with Gasteiger partial charge in [-0.25, -0.2) is 13.2 Å². The Hall–Kier alpha value is -0.773. The van der Waals surface area contributed by atoms with Gasteiger partial charge in [0, 0.05) is 8.80 Å². The Morgan fingerprint density at radius 1 is 0.917 bits per heavy atom. The SMILES string of the molecule is CCC[C@H]1CC[C@H]([Si@H]2CC[C@H](c3cc(F)c(F)c(F)c3)CC2)CC1. The third kappa shape index (κ3) is 4.06. The summed E-state index contributed by atoms with van der Waals surface area (Å²) in [7, 11) is -0.713. The van der Waals surface area contributed by atoms with Crippen molar-refractivity contribution in [2.24, 2.45) is 5.92 Å². The van der Waals surface area contributed by atoms with Gasteiger partial charge >= 0.3 is 0 Å². The molecule has 2 aliphatic rings. The van der Waals surface area contributed by atoms with Gasteiger partial charge in [-0.2, -0.15) is 0 Å². The summed E-state index contributed by atoms with van der Waals surface area (Å²) in [4.78, 5) is 0. The van der Waals surface area contributed by atoms with Crippen LogP contribution in [0.4, 0.5) is 13.2 Å². The predicted octanol–water partition coefficient (Wildman–Crippen LogP) is 6.57. The highest BCUT2D eigenvalue weighted by molar-refractivity contribution is 6.60. The largest absolute Gasteiger partial charge is 0.204 e. The highest BCUT2D eigenvalue weighted by atomic mass is 28.3. The monoisotopic (exact) mass is 354 g/mol. The molecule has 1 saturated heterocycles. The lowest BCUT2D eigenvalue weighted by atomic mass is 9.86. The van der Waals surface area contributed by atoms with Crippen LogP contribution in [-0.4, -0.2) is 8.80 Å². The van der Waals surface area contributed by atoms with Crippen LogP contribution in [0.3, 0.4) is 0 Å². The molecule has 2 fully saturated rings. The van der Waals surface area contributed by atoms with Gasteiger partial charge in [-0.15, -0.1) is 0 Å². The van der Waals surface area contributed by atoms with Gasteiger partial charge in [0.15, 0.2) is 17.5 Å². The average Bonchev–Trinajstić information content (AvgIpc) is 2.60. The van der Waals surface area contributed by atoms with E-state index in [0.717, 1.165) is 24.3 Å². The summed E-state index contributed by atoms with van der Waals surface area (Å²) in [5.74, 6) is -2.25. The molecule has 0 aromatic heterocycles. The van der Waals surface area contributed by atoms with E-state index in [-0.39, 0.29) is 5.92 Å². The van der Waals surface area contributed by atoms with Crippen LogP contribution >= 0.6 is 0 Å². The molecule has 0 unspecified atom stereocenters. The van der Waals surface area contributed by atoms with Gasteiger partial charge in [0.05, 0.1) is 0 Å². The highest BCUT2D eigenvalue weighted by Gasteiger charge is 2.32. The lowest BCUT2D eigenvalue weighted by molar-refractivity contribution is 0.332. The maximum absolute atomic E-state index is 13.5. The van der Waals surface area contributed by atoms with Gasteiger partial charge in [-0.3, -0.25) is 0 Å². The van der Waals surface area contributed by atoms with Crippen LogP contribution in [-0.2, 0) is 0 Å². The van der Waals surface area contributed by atoms with E-state index in [1.807, 2.05) is 0 Å². The molecule has 0 spiro atoms. The average molecular weight is 355 g/mol. The van der Waals surface area contributed by atoms with Gasteiger partial charge in [0.2, 0.25) is 0 Å². The second kappa shape index (κ2) is 8.07. The minimum atomic E-state index is -1.34. The van der Waals surface area contributed by atoms with Crippen molar-refractivity contribution in [3.63, 3.8) is 0 Å². The van der Waals surface area contributed by atoms with Crippen LogP contribution in [0.5, 0.6) is 0 Å². The molecule has 1 heterocycles. The van der Waals surface area contributed by atoms with E-state index in [0.29, 0.717) is 5.56 Å². The zero-order valence-electron chi connectivity index (χ0n) is 14.7. The van der Waals surface area contributed by atoms with Gasteiger partial charge in [-0.1, -0.05) is 57.5 Å². The summed E-state index contributed by atoms with van der Waals surface area (Å²) in [6.07, 6.45) is 10.5. The van der Waals surface area contributed by atoms with E-state index in [4.69, 9.17) is 0 Å². The molecule has 1 aromatic carbocycles. The Labute approximate surface area is 145 Å². The first-order chi connectivity index (χ1) is 11.6. The topological polar surface area (TPSA) is 0 Å². The zero-order valence-corrected chi connectivity index (χ0v) is 15.8. The van der Waals surface area contributed by atoms with Crippen molar-refractivity contribution in [2.45, 2.75) is 81.8 Å². The van der Waals surface area contributed by atoms with E-state index in [2.05, 4.69) is 6.92 Å². The van der Waals surface area contributed by atoms with Crippen molar-refractivity contribution >= 4 is 8.80 Å². The summed E-state index contributed by atoms with van der Waals surface area (Å²) in [6.45, 7) is 2.28. The Morgan fingerprint density at radius 2 is 1.50 bits per heavy atom. The Bertz CT molecular complexity index is 521. The van der Waals surface area contributed by atoms with Crippen molar-refractivity contribution in [1.82, 2.24) is 0 Å². The first kappa shape index (κ1) is 18.0. The molecule has 1 aromatic rings. The van der Waals surface area contributed by atoms with E-state index in [9.17, 15) is 13.2 Å². The molecular weight excluding hydrogens is 325 g/mol. The van der Waals surface area contributed by atoms with Crippen LogP contribution in [0.1, 0.15) is 69.8 Å². The van der Waals surface area contributed by atoms with Crippen LogP contribution in [0.15, 0.2) is 12.1 Å². The third-order valence-electron chi connectivity index (χ3n) is 6.50. The number of hydrogen-bond donors (Lipinski definition) is 0. The smallest absolute Gasteiger partial charge is 0.194 e. The molecule has 4 heteroatoms. The molecule has 0 bridgehead atoms. The molecule has 0 amide bonds. The van der Waals surface area contributed by atoms with E-state index >= 15 is 0 Å². The van der Waals surface area contributed by atoms with Gasteiger partial charge in [-0.05, 0) is 47.9 Å². The molecule has 0 nitrogen and oxygen atoms in total. The predicted molar refractivity (Wildman–Crippen MR) is 95.7 cm³/mol. The molecule has 1 saturated carbocycles. The molecule has 134 valence electrons. The lowest BCUT2D eigenvalue weighted by Crippen LogP contribution is -2.29. The molecule has 0 N–H and O–H groups in total. The molecule has 3 rings (SSSR count). The first-order valence-electron chi connectivity index (χ1n) is 9.72. The minimum absolute atomic E-state index is 0.217. The number of halogens is 3. The Balaban J connectivity index is 1.53. The molecule has 24 heavy (non-hydrogen) atoms. The standard InChI is InChI=1S/C20H29F3Si/c1-2-3-14-4-6-17(7-5-14)24-10-8-15(9-11-24)16-12-18(21)20(23)19(22)13-16/h12-15,17,24H,2-11H2,1H3/t14-,15-,17-,24-. The minimum Gasteiger partial charge on any atom is -0.204 e. The molecule has 0 atom stereocenters. The molecule has 1 aliphatic heterocycles. The Kier molecular flexibility index (Phi) is 6.06. The normalized spacial score (nSPS) is 31.2. The number of benzene rings is 1. The van der Waals surface area contributed by atoms with Crippen molar-refractivity contribution in [2.75, 3.05) is 0 Å². The van der Waals surface area contributed by atoms with E-state index < -0.39 is 26.2 Å². The van der Waals surface area contributed by atoms with Gasteiger partial charge < -0.3 is 0 Å². The third-order valence-corrected chi connectivity index (χ3v) is 10.7. The van der Waals surface area contributed by atoms with Crippen LogP contribution < -0.4 is 0 Å². The highest BCUT2D eigenvalue weighted by Crippen LogP contribution is 2.44. The molecule has 0 radical (unpaired) electrons. The first-order valence-corrected chi connectivity index (χ1v) is 12.0. The van der Waals surface area contributed by atoms with Crippen LogP contribution in [0.2, 0.25) is 17.6 Å². The fourth-order valence-corrected chi connectivity index (χ4v) is 9.31. The fraction of sp³-hybridized carbons (Fsp3) is 0.700. The van der Waals surface area contributed by atoms with Gasteiger partial charge in [0.25, 0.3) is 0 Å². The summed E-state index contributed by atoms with van der Waals surface area (Å²) in [5, 5.41) is 0. The summed E-state index contributed by atoms with van der Waals surface area (Å²) < 4.78 is 40.0. The van der Waals surface area contributed by atoms with Crippen molar-refractivity contribution in [1.29, 1.82) is 0 Å².